The molecule has 0 spiro atoms. The van der Waals surface area contributed by atoms with Crippen LogP contribution in [0.15, 0.2) is 27.4 Å². The molecule has 5 heteroatoms. The summed E-state index contributed by atoms with van der Waals surface area (Å²) in [6.45, 7) is 0. The highest BCUT2D eigenvalue weighted by molar-refractivity contribution is 6.40. The van der Waals surface area contributed by atoms with E-state index in [0.29, 0.717) is 0 Å². The van der Waals surface area contributed by atoms with E-state index in [2.05, 4.69) is 0 Å². The Morgan fingerprint density at radius 2 is 1.86 bits per heavy atom. The molecule has 0 unspecified atom stereocenters. The summed E-state index contributed by atoms with van der Waals surface area (Å²) in [7, 11) is 0. The molecule has 0 saturated heterocycles. The Morgan fingerprint density at radius 1 is 1.21 bits per heavy atom. The lowest BCUT2D eigenvalue weighted by molar-refractivity contribution is 0.468. The Hall–Kier alpha value is -1.19. The zero-order valence-electron chi connectivity index (χ0n) is 6.75. The fourth-order valence-electron chi connectivity index (χ4n) is 1.19. The van der Waals surface area contributed by atoms with Gasteiger partial charge < -0.3 is 9.52 Å². The van der Waals surface area contributed by atoms with Gasteiger partial charge in [-0.25, -0.2) is 4.79 Å². The van der Waals surface area contributed by atoms with Gasteiger partial charge in [0.15, 0.2) is 5.58 Å². The normalized spacial score (nSPS) is 10.7. The van der Waals surface area contributed by atoms with Gasteiger partial charge in [0.25, 0.3) is 0 Å². The van der Waals surface area contributed by atoms with Crippen LogP contribution < -0.4 is 5.63 Å². The zero-order chi connectivity index (χ0) is 10.3. The van der Waals surface area contributed by atoms with Crippen LogP contribution in [0, 0.1) is 0 Å². The van der Waals surface area contributed by atoms with Crippen molar-refractivity contribution in [2.75, 3.05) is 0 Å². The number of hydrogen-bond acceptors (Lipinski definition) is 3. The highest BCUT2D eigenvalue weighted by Gasteiger charge is 2.11. The molecule has 2 aromatic rings. The molecule has 1 N–H and O–H groups in total. The minimum absolute atomic E-state index is 0.101. The average Bonchev–Trinajstić information content (AvgIpc) is 2.10. The van der Waals surface area contributed by atoms with Crippen molar-refractivity contribution in [3.8, 4) is 5.75 Å². The molecule has 0 aliphatic heterocycles. The highest BCUT2D eigenvalue weighted by Crippen LogP contribution is 2.34. The van der Waals surface area contributed by atoms with Crippen molar-refractivity contribution in [3.05, 3.63) is 38.7 Å². The summed E-state index contributed by atoms with van der Waals surface area (Å²) >= 11 is 11.6. The van der Waals surface area contributed by atoms with Crippen LogP contribution in [0.4, 0.5) is 0 Å². The third-order valence-electron chi connectivity index (χ3n) is 1.77. The Labute approximate surface area is 88.5 Å². The van der Waals surface area contributed by atoms with Crippen LogP contribution in [0.25, 0.3) is 11.0 Å². The van der Waals surface area contributed by atoms with E-state index in [0.717, 1.165) is 6.07 Å². The van der Waals surface area contributed by atoms with Crippen molar-refractivity contribution in [3.63, 3.8) is 0 Å². The van der Waals surface area contributed by atoms with Crippen LogP contribution in [-0.2, 0) is 0 Å². The van der Waals surface area contributed by atoms with Crippen molar-refractivity contribution >= 4 is 34.2 Å². The fraction of sp³-hybridized carbons (Fsp3) is 0. The van der Waals surface area contributed by atoms with Gasteiger partial charge in [-0.3, -0.25) is 0 Å². The Bertz CT molecular complexity index is 560. The lowest BCUT2D eigenvalue weighted by Crippen LogP contribution is -1.95. The number of hydrogen-bond donors (Lipinski definition) is 1. The average molecular weight is 231 g/mol. The monoisotopic (exact) mass is 230 g/mol. The summed E-state index contributed by atoms with van der Waals surface area (Å²) in [6.07, 6.45) is 0. The SMILES string of the molecule is O=c1cc(O)c2c(Cl)ccc(Cl)c2o1. The smallest absolute Gasteiger partial charge is 0.339 e. The van der Waals surface area contributed by atoms with E-state index in [1.807, 2.05) is 0 Å². The first-order valence-corrected chi connectivity index (χ1v) is 4.46. The van der Waals surface area contributed by atoms with Gasteiger partial charge in [-0.1, -0.05) is 23.2 Å². The van der Waals surface area contributed by atoms with E-state index in [-0.39, 0.29) is 26.8 Å². The number of rotatable bonds is 0. The van der Waals surface area contributed by atoms with E-state index in [4.69, 9.17) is 27.6 Å². The maximum atomic E-state index is 10.9. The Kier molecular flexibility index (Phi) is 2.13. The van der Waals surface area contributed by atoms with Crippen LogP contribution in [-0.4, -0.2) is 5.11 Å². The summed E-state index contributed by atoms with van der Waals surface area (Å²) in [5.74, 6) is -0.233. The second kappa shape index (κ2) is 3.19. The lowest BCUT2D eigenvalue weighted by Gasteiger charge is -2.02. The van der Waals surface area contributed by atoms with Gasteiger partial charge in [0.2, 0.25) is 0 Å². The standard InChI is InChI=1S/C9H4Cl2O3/c10-4-1-2-5(11)9-8(4)6(12)3-7(13)14-9/h1-3,12H. The first-order chi connectivity index (χ1) is 6.59. The summed E-state index contributed by atoms with van der Waals surface area (Å²) in [4.78, 5) is 10.9. The van der Waals surface area contributed by atoms with E-state index >= 15 is 0 Å². The number of benzene rings is 1. The van der Waals surface area contributed by atoms with E-state index in [9.17, 15) is 9.90 Å². The van der Waals surface area contributed by atoms with Crippen LogP contribution in [0.5, 0.6) is 5.75 Å². The van der Waals surface area contributed by atoms with Crippen LogP contribution >= 0.6 is 23.2 Å². The molecule has 2 rings (SSSR count). The summed E-state index contributed by atoms with van der Waals surface area (Å²) in [6, 6.07) is 3.96. The van der Waals surface area contributed by atoms with E-state index in [1.54, 1.807) is 0 Å². The lowest BCUT2D eigenvalue weighted by atomic mass is 10.2. The van der Waals surface area contributed by atoms with E-state index < -0.39 is 5.63 Å². The molecule has 0 fully saturated rings. The van der Waals surface area contributed by atoms with Crippen molar-refractivity contribution in [1.29, 1.82) is 0 Å². The molecule has 0 saturated carbocycles. The van der Waals surface area contributed by atoms with Gasteiger partial charge >= 0.3 is 5.63 Å². The second-order valence-electron chi connectivity index (χ2n) is 2.68. The largest absolute Gasteiger partial charge is 0.507 e. The number of halogens is 2. The minimum Gasteiger partial charge on any atom is -0.507 e. The van der Waals surface area contributed by atoms with Crippen LogP contribution in [0.3, 0.4) is 0 Å². The van der Waals surface area contributed by atoms with Crippen molar-refractivity contribution < 1.29 is 9.52 Å². The molecule has 14 heavy (non-hydrogen) atoms. The van der Waals surface area contributed by atoms with E-state index in [1.165, 1.54) is 12.1 Å². The van der Waals surface area contributed by atoms with Crippen LogP contribution in [0.1, 0.15) is 0 Å². The molecule has 1 heterocycles. The molecular formula is C9H4Cl2O3. The molecule has 1 aromatic heterocycles. The van der Waals surface area contributed by atoms with Crippen molar-refractivity contribution in [2.24, 2.45) is 0 Å². The molecule has 0 aliphatic carbocycles. The molecule has 72 valence electrons. The Balaban J connectivity index is 3.07. The molecule has 0 amide bonds. The quantitative estimate of drug-likeness (QED) is 0.709. The maximum Gasteiger partial charge on any atom is 0.339 e. The zero-order valence-corrected chi connectivity index (χ0v) is 8.26. The highest BCUT2D eigenvalue weighted by atomic mass is 35.5. The Morgan fingerprint density at radius 3 is 2.57 bits per heavy atom. The van der Waals surface area contributed by atoms with Gasteiger partial charge in [0.05, 0.1) is 21.5 Å². The molecule has 3 nitrogen and oxygen atoms in total. The molecular weight excluding hydrogens is 227 g/mol. The predicted octanol–water partition coefficient (Wildman–Crippen LogP) is 2.81. The minimum atomic E-state index is -0.667. The molecule has 1 aromatic carbocycles. The second-order valence-corrected chi connectivity index (χ2v) is 3.50. The molecule has 0 atom stereocenters. The first-order valence-electron chi connectivity index (χ1n) is 3.70. The molecule has 0 aliphatic rings. The van der Waals surface area contributed by atoms with Gasteiger partial charge in [0.1, 0.15) is 5.75 Å². The van der Waals surface area contributed by atoms with Gasteiger partial charge in [-0.05, 0) is 12.1 Å². The summed E-state index contributed by atoms with van der Waals surface area (Å²) < 4.78 is 4.82. The fourth-order valence-corrected chi connectivity index (χ4v) is 1.63. The topological polar surface area (TPSA) is 50.4 Å². The van der Waals surface area contributed by atoms with Gasteiger partial charge in [0, 0.05) is 0 Å². The summed E-state index contributed by atoms with van der Waals surface area (Å²) in [5.41, 5.74) is -0.566. The molecule has 0 bridgehead atoms. The predicted molar refractivity (Wildman–Crippen MR) is 54.2 cm³/mol. The number of aromatic hydroxyl groups is 1. The van der Waals surface area contributed by atoms with Crippen LogP contribution in [0.2, 0.25) is 10.0 Å². The third kappa shape index (κ3) is 1.35. The third-order valence-corrected chi connectivity index (χ3v) is 2.38. The van der Waals surface area contributed by atoms with Gasteiger partial charge in [-0.2, -0.15) is 0 Å². The number of fused-ring (bicyclic) bond motifs is 1. The maximum absolute atomic E-state index is 10.9. The first kappa shape index (κ1) is 9.37. The van der Waals surface area contributed by atoms with Gasteiger partial charge in [-0.15, -0.1) is 0 Å². The molecule has 0 radical (unpaired) electrons. The van der Waals surface area contributed by atoms with Crippen molar-refractivity contribution in [1.82, 2.24) is 0 Å². The van der Waals surface area contributed by atoms with Crippen molar-refractivity contribution in [2.45, 2.75) is 0 Å². The summed E-state index contributed by atoms with van der Waals surface area (Å²) in [5, 5.41) is 10.2.